The highest BCUT2D eigenvalue weighted by Gasteiger charge is 2.32. The average Bonchev–Trinajstić information content (AvgIpc) is 3.32. The highest BCUT2D eigenvalue weighted by molar-refractivity contribution is 6.32. The third kappa shape index (κ3) is 4.51. The summed E-state index contributed by atoms with van der Waals surface area (Å²) in [5.41, 5.74) is 7.03. The second-order valence-corrected chi connectivity index (χ2v) is 11.8. The number of anilines is 2. The standard InChI is InChI=1S/C29H30ClN5/c1-28(2,3)17-35-11-8-22-25(14-20(30)15-26(22)35)34-27-32-10-7-24(33-27)18-12-19(16-31)21-6-9-29(4,5)23(21)13-18/h7-8,10-15H,6,9,17H2,1-5H3,(H,32,33,34). The van der Waals surface area contributed by atoms with E-state index < -0.39 is 0 Å². The van der Waals surface area contributed by atoms with Crippen LogP contribution in [0.15, 0.2) is 48.8 Å². The van der Waals surface area contributed by atoms with E-state index in [4.69, 9.17) is 16.6 Å². The fraction of sp³-hybridized carbons (Fsp3) is 0.345. The van der Waals surface area contributed by atoms with Gasteiger partial charge in [-0.1, -0.05) is 46.2 Å². The topological polar surface area (TPSA) is 66.5 Å². The van der Waals surface area contributed by atoms with Gasteiger partial charge < -0.3 is 9.88 Å². The Bertz CT molecular complexity index is 1480. The molecule has 0 unspecified atom stereocenters. The fourth-order valence-corrected chi connectivity index (χ4v) is 5.29. The molecule has 4 aromatic rings. The first-order chi connectivity index (χ1) is 16.5. The predicted molar refractivity (Wildman–Crippen MR) is 143 cm³/mol. The molecule has 178 valence electrons. The molecule has 0 amide bonds. The Kier molecular flexibility index (Phi) is 5.61. The molecule has 35 heavy (non-hydrogen) atoms. The summed E-state index contributed by atoms with van der Waals surface area (Å²) in [5, 5.41) is 14.9. The van der Waals surface area contributed by atoms with Crippen LogP contribution in [0.25, 0.3) is 22.2 Å². The van der Waals surface area contributed by atoms with Gasteiger partial charge in [0.1, 0.15) is 0 Å². The first-order valence-electron chi connectivity index (χ1n) is 12.0. The maximum absolute atomic E-state index is 9.78. The van der Waals surface area contributed by atoms with E-state index in [1.54, 1.807) is 6.20 Å². The minimum absolute atomic E-state index is 0.0532. The number of nitrogens with one attached hydrogen (secondary N) is 1. The van der Waals surface area contributed by atoms with Gasteiger partial charge in [0, 0.05) is 34.9 Å². The molecule has 5 rings (SSSR count). The van der Waals surface area contributed by atoms with Crippen molar-refractivity contribution in [2.24, 2.45) is 5.41 Å². The molecule has 0 aliphatic heterocycles. The number of aromatic nitrogens is 3. The molecule has 1 N–H and O–H groups in total. The number of rotatable bonds is 4. The van der Waals surface area contributed by atoms with E-state index in [0.717, 1.165) is 52.8 Å². The maximum Gasteiger partial charge on any atom is 0.227 e. The van der Waals surface area contributed by atoms with Crippen LogP contribution in [0, 0.1) is 16.7 Å². The number of fused-ring (bicyclic) bond motifs is 2. The summed E-state index contributed by atoms with van der Waals surface area (Å²) in [6.45, 7) is 12.0. The summed E-state index contributed by atoms with van der Waals surface area (Å²) < 4.78 is 2.24. The third-order valence-corrected chi connectivity index (χ3v) is 7.01. The summed E-state index contributed by atoms with van der Waals surface area (Å²) in [7, 11) is 0. The van der Waals surface area contributed by atoms with Crippen LogP contribution >= 0.6 is 11.6 Å². The lowest BCUT2D eigenvalue weighted by Gasteiger charge is -2.20. The molecule has 2 aromatic carbocycles. The molecule has 0 saturated carbocycles. The van der Waals surface area contributed by atoms with Gasteiger partial charge in [-0.15, -0.1) is 0 Å². The van der Waals surface area contributed by atoms with Crippen molar-refractivity contribution in [3.05, 3.63) is 70.5 Å². The van der Waals surface area contributed by atoms with Gasteiger partial charge in [-0.2, -0.15) is 5.26 Å². The summed E-state index contributed by atoms with van der Waals surface area (Å²) in [6, 6.07) is 14.5. The van der Waals surface area contributed by atoms with Crippen molar-refractivity contribution < 1.29 is 0 Å². The van der Waals surface area contributed by atoms with Crippen molar-refractivity contribution in [3.63, 3.8) is 0 Å². The quantitative estimate of drug-likeness (QED) is 0.324. The predicted octanol–water partition coefficient (Wildman–Crippen LogP) is 7.64. The van der Waals surface area contributed by atoms with Gasteiger partial charge in [0.15, 0.2) is 0 Å². The summed E-state index contributed by atoms with van der Waals surface area (Å²) in [5.74, 6) is 0.493. The maximum atomic E-state index is 9.78. The number of halogens is 1. The second-order valence-electron chi connectivity index (χ2n) is 11.3. The van der Waals surface area contributed by atoms with Gasteiger partial charge in [-0.3, -0.25) is 0 Å². The van der Waals surface area contributed by atoms with E-state index >= 15 is 0 Å². The highest BCUT2D eigenvalue weighted by Crippen LogP contribution is 2.42. The van der Waals surface area contributed by atoms with Gasteiger partial charge in [0.05, 0.1) is 28.5 Å². The zero-order valence-corrected chi connectivity index (χ0v) is 21.7. The summed E-state index contributed by atoms with van der Waals surface area (Å²) in [6.07, 6.45) is 5.85. The van der Waals surface area contributed by atoms with Gasteiger partial charge >= 0.3 is 0 Å². The van der Waals surface area contributed by atoms with Crippen LogP contribution in [0.2, 0.25) is 5.02 Å². The molecular weight excluding hydrogens is 454 g/mol. The average molecular weight is 484 g/mol. The zero-order valence-electron chi connectivity index (χ0n) is 20.9. The normalized spacial score (nSPS) is 14.7. The van der Waals surface area contributed by atoms with Gasteiger partial charge in [0.2, 0.25) is 5.95 Å². The van der Waals surface area contributed by atoms with Gasteiger partial charge in [0.25, 0.3) is 0 Å². The molecule has 0 radical (unpaired) electrons. The van der Waals surface area contributed by atoms with Crippen molar-refractivity contribution in [1.29, 1.82) is 5.26 Å². The van der Waals surface area contributed by atoms with Crippen LogP contribution in [0.3, 0.4) is 0 Å². The number of hydrogen-bond donors (Lipinski definition) is 1. The number of hydrogen-bond acceptors (Lipinski definition) is 4. The Balaban J connectivity index is 1.53. The molecule has 0 atom stereocenters. The van der Waals surface area contributed by atoms with Crippen LogP contribution in [0.4, 0.5) is 11.6 Å². The molecular formula is C29H30ClN5. The van der Waals surface area contributed by atoms with Crippen molar-refractivity contribution in [1.82, 2.24) is 14.5 Å². The second kappa shape index (κ2) is 8.39. The molecule has 0 saturated heterocycles. The SMILES string of the molecule is CC(C)(C)Cn1ccc2c(Nc3nccc(-c4cc(C#N)c5c(c4)C(C)(C)CC5)n3)cc(Cl)cc21. The Morgan fingerprint density at radius 3 is 2.71 bits per heavy atom. The van der Waals surface area contributed by atoms with Crippen molar-refractivity contribution >= 4 is 34.1 Å². The zero-order chi connectivity index (χ0) is 25.0. The minimum atomic E-state index is 0.0532. The van der Waals surface area contributed by atoms with E-state index in [1.807, 2.05) is 24.3 Å². The largest absolute Gasteiger partial charge is 0.347 e. The first kappa shape index (κ1) is 23.4. The number of benzene rings is 2. The molecule has 0 bridgehead atoms. The molecule has 2 aromatic heterocycles. The van der Waals surface area contributed by atoms with Gasteiger partial charge in [-0.25, -0.2) is 9.97 Å². The Morgan fingerprint density at radius 2 is 1.97 bits per heavy atom. The van der Waals surface area contributed by atoms with Crippen LogP contribution in [0.5, 0.6) is 0 Å². The molecule has 1 aliphatic rings. The molecule has 2 heterocycles. The van der Waals surface area contributed by atoms with Crippen molar-refractivity contribution in [3.8, 4) is 17.3 Å². The van der Waals surface area contributed by atoms with Crippen molar-refractivity contribution in [2.45, 2.75) is 59.4 Å². The smallest absolute Gasteiger partial charge is 0.227 e. The van der Waals surface area contributed by atoms with Crippen LogP contribution in [-0.2, 0) is 18.4 Å². The van der Waals surface area contributed by atoms with Gasteiger partial charge in [-0.05, 0) is 71.2 Å². The lowest BCUT2D eigenvalue weighted by molar-refractivity contribution is 0.349. The van der Waals surface area contributed by atoms with E-state index in [-0.39, 0.29) is 10.8 Å². The number of nitriles is 1. The van der Waals surface area contributed by atoms with Crippen LogP contribution < -0.4 is 5.32 Å². The first-order valence-corrected chi connectivity index (χ1v) is 12.4. The Labute approximate surface area is 211 Å². The molecule has 0 spiro atoms. The van der Waals surface area contributed by atoms with Crippen LogP contribution in [0.1, 0.15) is 57.7 Å². The van der Waals surface area contributed by atoms with E-state index in [0.29, 0.717) is 11.0 Å². The lowest BCUT2D eigenvalue weighted by atomic mass is 9.84. The molecule has 1 aliphatic carbocycles. The fourth-order valence-electron chi connectivity index (χ4n) is 5.08. The Hall–Kier alpha value is -3.36. The monoisotopic (exact) mass is 483 g/mol. The summed E-state index contributed by atoms with van der Waals surface area (Å²) in [4.78, 5) is 9.28. The molecule has 5 nitrogen and oxygen atoms in total. The summed E-state index contributed by atoms with van der Waals surface area (Å²) >= 11 is 6.51. The number of nitrogens with zero attached hydrogens (tertiary/aromatic N) is 4. The third-order valence-electron chi connectivity index (χ3n) is 6.80. The molecule has 0 fully saturated rings. The molecule has 6 heteroatoms. The Morgan fingerprint density at radius 1 is 1.17 bits per heavy atom. The minimum Gasteiger partial charge on any atom is -0.347 e. The van der Waals surface area contributed by atoms with Crippen LogP contribution in [-0.4, -0.2) is 14.5 Å². The lowest BCUT2D eigenvalue weighted by Crippen LogP contribution is -2.14. The highest BCUT2D eigenvalue weighted by atomic mass is 35.5. The van der Waals surface area contributed by atoms with Crippen molar-refractivity contribution in [2.75, 3.05) is 5.32 Å². The van der Waals surface area contributed by atoms with E-state index in [2.05, 4.69) is 73.9 Å². The van der Waals surface area contributed by atoms with E-state index in [1.165, 1.54) is 11.1 Å². The van der Waals surface area contributed by atoms with E-state index in [9.17, 15) is 5.26 Å².